The summed E-state index contributed by atoms with van der Waals surface area (Å²) < 4.78 is 27.3. The molecule has 0 amide bonds. The Kier molecular flexibility index (Phi) is 10.4. The van der Waals surface area contributed by atoms with E-state index in [1.54, 1.807) is 57.7 Å². The van der Waals surface area contributed by atoms with Gasteiger partial charge in [0.05, 0.1) is 38.5 Å². The van der Waals surface area contributed by atoms with Crippen molar-refractivity contribution < 1.29 is 23.4 Å². The molecule has 0 unspecified atom stereocenters. The van der Waals surface area contributed by atoms with Gasteiger partial charge in [0.15, 0.2) is 21.7 Å². The number of nitrogens with zero attached hydrogens (tertiary/aromatic N) is 3. The average Bonchev–Trinajstić information content (AvgIpc) is 3.04. The minimum absolute atomic E-state index is 0.0419. The summed E-state index contributed by atoms with van der Waals surface area (Å²) in [4.78, 5) is 25.3. The van der Waals surface area contributed by atoms with Gasteiger partial charge in [0.2, 0.25) is 11.9 Å². The predicted octanol–water partition coefficient (Wildman–Crippen LogP) is 5.13. The third kappa shape index (κ3) is 8.13. The number of hydrogen-bond acceptors (Lipinski definition) is 11. The molecule has 2 heterocycles. The number of ether oxygens (including phenoxy) is 4. The average molecular weight is 660 g/mol. The number of para-hydroxylation sites is 3. The molecule has 13 nitrogen and oxygen atoms in total. The first-order valence-electron chi connectivity index (χ1n) is 13.8. The Balaban J connectivity index is 1.34. The smallest absolute Gasteiger partial charge is 0.339 e. The second-order valence-electron chi connectivity index (χ2n) is 9.39. The van der Waals surface area contributed by atoms with Crippen molar-refractivity contribution in [2.45, 2.75) is 6.42 Å². The molecule has 3 aromatic carbocycles. The van der Waals surface area contributed by atoms with Crippen LogP contribution >= 0.6 is 24.4 Å². The lowest BCUT2D eigenvalue weighted by atomic mass is 10.1. The van der Waals surface area contributed by atoms with E-state index in [1.165, 1.54) is 6.07 Å². The van der Waals surface area contributed by atoms with Crippen LogP contribution in [0.5, 0.6) is 29.0 Å². The number of nitrogens with one attached hydrogen (secondary N) is 4. The summed E-state index contributed by atoms with van der Waals surface area (Å²) in [5, 5.41) is 13.1. The van der Waals surface area contributed by atoms with Crippen molar-refractivity contribution in [1.29, 1.82) is 0 Å². The number of fused-ring (bicyclic) bond motifs is 1. The molecule has 5 rings (SSSR count). The molecule has 46 heavy (non-hydrogen) atoms. The van der Waals surface area contributed by atoms with E-state index in [2.05, 4.69) is 36.2 Å². The number of anilines is 3. The van der Waals surface area contributed by atoms with Crippen molar-refractivity contribution in [3.63, 3.8) is 0 Å². The van der Waals surface area contributed by atoms with Crippen LogP contribution in [-0.4, -0.2) is 53.1 Å². The highest BCUT2D eigenvalue weighted by atomic mass is 32.1. The minimum atomic E-state index is -0.596. The quantitative estimate of drug-likeness (QED) is 0.109. The Morgan fingerprint density at radius 2 is 1.43 bits per heavy atom. The van der Waals surface area contributed by atoms with Gasteiger partial charge in [0.1, 0.15) is 17.1 Å². The van der Waals surface area contributed by atoms with Crippen LogP contribution < -0.4 is 45.8 Å². The Labute approximate surface area is 274 Å². The monoisotopic (exact) mass is 659 g/mol. The molecule has 5 aromatic rings. The second-order valence-corrected chi connectivity index (χ2v) is 10.2. The van der Waals surface area contributed by atoms with Crippen molar-refractivity contribution in [2.75, 3.05) is 43.8 Å². The molecule has 0 aliphatic carbocycles. The highest BCUT2D eigenvalue weighted by Gasteiger charge is 2.15. The molecule has 0 aliphatic heterocycles. The third-order valence-corrected chi connectivity index (χ3v) is 6.83. The van der Waals surface area contributed by atoms with E-state index >= 15 is 0 Å². The predicted molar refractivity (Wildman–Crippen MR) is 183 cm³/mol. The molecule has 0 aliphatic rings. The zero-order valence-corrected chi connectivity index (χ0v) is 26.6. The van der Waals surface area contributed by atoms with E-state index in [-0.39, 0.29) is 33.9 Å². The van der Waals surface area contributed by atoms with Crippen molar-refractivity contribution in [2.24, 2.45) is 0 Å². The van der Waals surface area contributed by atoms with Gasteiger partial charge in [-0.3, -0.25) is 0 Å². The highest BCUT2D eigenvalue weighted by molar-refractivity contribution is 7.80. The topological polar surface area (TPSA) is 154 Å². The molecule has 0 spiro atoms. The van der Waals surface area contributed by atoms with Gasteiger partial charge in [0.25, 0.3) is 0 Å². The maximum absolute atomic E-state index is 12.2. The molecule has 15 heteroatoms. The zero-order valence-electron chi connectivity index (χ0n) is 25.0. The van der Waals surface area contributed by atoms with Gasteiger partial charge in [-0.2, -0.15) is 15.0 Å². The standard InChI is InChI=1S/C31H29N7O6S2/c1-40-22-11-7-5-9-20(22)33-31(46)38-28-34-27(37-30(45)32-15-14-18-12-13-23(41-2)25(16-18)42-3)35-29(36-28)44-24-17-26(39)43-21-10-6-4-8-19(21)24/h4-13,16-17H,14-15H2,1-3H3,(H4,32,33,34,35,36,37,38,45,46). The molecular formula is C31H29N7O6S2. The van der Waals surface area contributed by atoms with Crippen LogP contribution in [-0.2, 0) is 6.42 Å². The lowest BCUT2D eigenvalue weighted by molar-refractivity contribution is 0.354. The molecule has 236 valence electrons. The molecule has 2 aromatic heterocycles. The third-order valence-electron chi connectivity index (χ3n) is 6.38. The van der Waals surface area contributed by atoms with Crippen LogP contribution in [0.3, 0.4) is 0 Å². The zero-order chi connectivity index (χ0) is 32.5. The fourth-order valence-corrected chi connectivity index (χ4v) is 4.68. The molecule has 0 radical (unpaired) electrons. The Morgan fingerprint density at radius 1 is 0.739 bits per heavy atom. The van der Waals surface area contributed by atoms with Gasteiger partial charge in [0, 0.05) is 6.54 Å². The lowest BCUT2D eigenvalue weighted by Crippen LogP contribution is -2.31. The maximum Gasteiger partial charge on any atom is 0.339 e. The fourth-order valence-electron chi connectivity index (χ4n) is 4.28. The van der Waals surface area contributed by atoms with Crippen LogP contribution in [0.4, 0.5) is 17.6 Å². The summed E-state index contributed by atoms with van der Waals surface area (Å²) >= 11 is 11.0. The van der Waals surface area contributed by atoms with Crippen molar-refractivity contribution in [3.8, 4) is 29.0 Å². The van der Waals surface area contributed by atoms with Crippen molar-refractivity contribution in [1.82, 2.24) is 20.3 Å². The number of methoxy groups -OCH3 is 3. The second kappa shape index (κ2) is 15.0. The van der Waals surface area contributed by atoms with E-state index < -0.39 is 5.63 Å². The van der Waals surface area contributed by atoms with Crippen molar-refractivity contribution >= 4 is 63.2 Å². The maximum atomic E-state index is 12.2. The van der Waals surface area contributed by atoms with Crippen molar-refractivity contribution in [3.05, 3.63) is 88.8 Å². The Morgan fingerprint density at radius 3 is 2.20 bits per heavy atom. The number of thiocarbonyl (C=S) groups is 2. The number of hydrogen-bond donors (Lipinski definition) is 4. The van der Waals surface area contributed by atoms with Crippen LogP contribution in [0.2, 0.25) is 0 Å². The molecule has 0 fully saturated rings. The van der Waals surface area contributed by atoms with Gasteiger partial charge in [-0.1, -0.05) is 30.3 Å². The van der Waals surface area contributed by atoms with E-state index in [0.717, 1.165) is 5.56 Å². The summed E-state index contributed by atoms with van der Waals surface area (Å²) in [5.74, 6) is 2.17. The molecule has 0 atom stereocenters. The Hall–Kier alpha value is -5.54. The van der Waals surface area contributed by atoms with Gasteiger partial charge < -0.3 is 44.6 Å². The first kappa shape index (κ1) is 31.9. The summed E-state index contributed by atoms with van der Waals surface area (Å²) in [6.07, 6.45) is 0.646. The molecule has 0 saturated carbocycles. The first-order valence-corrected chi connectivity index (χ1v) is 14.6. The van der Waals surface area contributed by atoms with Crippen LogP contribution in [0.15, 0.2) is 82.0 Å². The SMILES string of the molecule is COc1ccccc1NC(=S)Nc1nc(NC(=S)NCCc2ccc(OC)c(OC)c2)nc(Oc2cc(=O)oc3ccccc23)n1. The van der Waals surface area contributed by atoms with Crippen LogP contribution in [0.25, 0.3) is 11.0 Å². The van der Waals surface area contributed by atoms with Gasteiger partial charge in [-0.05, 0) is 72.8 Å². The summed E-state index contributed by atoms with van der Waals surface area (Å²) in [7, 11) is 4.74. The van der Waals surface area contributed by atoms with E-state index in [1.807, 2.05) is 30.3 Å². The summed E-state index contributed by atoms with van der Waals surface area (Å²) in [5.41, 5.74) is 1.40. The van der Waals surface area contributed by atoms with Gasteiger partial charge in [-0.15, -0.1) is 0 Å². The van der Waals surface area contributed by atoms with Crippen LogP contribution in [0, 0.1) is 0 Å². The number of benzene rings is 3. The summed E-state index contributed by atoms with van der Waals surface area (Å²) in [6.45, 7) is 0.500. The fraction of sp³-hybridized carbons (Fsp3) is 0.161. The van der Waals surface area contributed by atoms with Crippen LogP contribution in [0.1, 0.15) is 5.56 Å². The first-order chi connectivity index (χ1) is 22.3. The minimum Gasteiger partial charge on any atom is -0.495 e. The Bertz CT molecular complexity index is 1940. The van der Waals surface area contributed by atoms with E-state index in [0.29, 0.717) is 46.9 Å². The van der Waals surface area contributed by atoms with E-state index in [9.17, 15) is 4.79 Å². The van der Waals surface area contributed by atoms with Gasteiger partial charge >= 0.3 is 11.6 Å². The molecule has 4 N–H and O–H groups in total. The molecular weight excluding hydrogens is 631 g/mol. The normalized spacial score (nSPS) is 10.5. The molecule has 0 saturated heterocycles. The summed E-state index contributed by atoms with van der Waals surface area (Å²) in [6, 6.07) is 21.0. The largest absolute Gasteiger partial charge is 0.495 e. The highest BCUT2D eigenvalue weighted by Crippen LogP contribution is 2.29. The number of rotatable bonds is 11. The van der Waals surface area contributed by atoms with E-state index in [4.69, 9.17) is 47.8 Å². The molecule has 0 bridgehead atoms. The van der Waals surface area contributed by atoms with Gasteiger partial charge in [-0.25, -0.2) is 4.79 Å². The number of aromatic nitrogens is 3. The lowest BCUT2D eigenvalue weighted by Gasteiger charge is -2.14.